The molecule has 0 aliphatic rings. The molecule has 0 saturated heterocycles. The molecule has 2 heteroatoms. The van der Waals surface area contributed by atoms with Gasteiger partial charge in [0.05, 0.1) is 0 Å². The van der Waals surface area contributed by atoms with Crippen LogP contribution in [0.3, 0.4) is 0 Å². The second kappa shape index (κ2) is 36.1. The van der Waals surface area contributed by atoms with E-state index in [1.54, 1.807) is 0 Å². The van der Waals surface area contributed by atoms with Crippen molar-refractivity contribution in [1.29, 1.82) is 0 Å². The van der Waals surface area contributed by atoms with Crippen molar-refractivity contribution >= 4 is 0 Å². The van der Waals surface area contributed by atoms with Crippen LogP contribution in [-0.4, -0.2) is 38.6 Å². The number of hydrogen-bond acceptors (Lipinski definition) is 2. The molecule has 0 atom stereocenters. The van der Waals surface area contributed by atoms with E-state index in [-0.39, 0.29) is 0 Å². The van der Waals surface area contributed by atoms with Crippen LogP contribution in [0.1, 0.15) is 181 Å². The van der Waals surface area contributed by atoms with Crippen LogP contribution in [0.2, 0.25) is 0 Å². The van der Waals surface area contributed by atoms with Gasteiger partial charge in [-0.15, -0.1) is 0 Å². The summed E-state index contributed by atoms with van der Waals surface area (Å²) in [6.45, 7) is 10.5. The normalized spacial score (nSPS) is 11.1. The highest BCUT2D eigenvalue weighted by molar-refractivity contribution is 4.51. The van der Waals surface area contributed by atoms with Crippen molar-refractivity contribution in [3.8, 4) is 0 Å². The molecular formula is C33H72N2. The monoisotopic (exact) mass is 497 g/mol. The van der Waals surface area contributed by atoms with Crippen LogP contribution in [0.15, 0.2) is 0 Å². The first-order chi connectivity index (χ1) is 17.2. The van der Waals surface area contributed by atoms with Gasteiger partial charge >= 0.3 is 0 Å². The minimum Gasteiger partial charge on any atom is -0.317 e. The molecule has 0 bridgehead atoms. The Bertz CT molecular complexity index is 313. The van der Waals surface area contributed by atoms with Gasteiger partial charge in [-0.2, -0.15) is 0 Å². The molecule has 0 radical (unpaired) electrons. The molecule has 35 heavy (non-hydrogen) atoms. The molecule has 2 nitrogen and oxygen atoms in total. The van der Waals surface area contributed by atoms with E-state index in [4.69, 9.17) is 0 Å². The molecule has 214 valence electrons. The third-order valence-electron chi connectivity index (χ3n) is 7.09. The van der Waals surface area contributed by atoms with Crippen molar-refractivity contribution < 1.29 is 0 Å². The molecule has 0 aliphatic carbocycles. The second-order valence-corrected chi connectivity index (χ2v) is 11.3. The van der Waals surface area contributed by atoms with E-state index in [0.29, 0.717) is 0 Å². The predicted octanol–water partition coefficient (Wildman–Crippen LogP) is 10.9. The SMILES string of the molecule is CCCCCCCCCCCCCCN(C)C.CCCCCCCCCCCCCCNCCC. The Morgan fingerprint density at radius 3 is 0.971 bits per heavy atom. The van der Waals surface area contributed by atoms with Gasteiger partial charge in [0.1, 0.15) is 0 Å². The van der Waals surface area contributed by atoms with Crippen LogP contribution in [-0.2, 0) is 0 Å². The summed E-state index contributed by atoms with van der Waals surface area (Å²) in [4.78, 5) is 2.29. The predicted molar refractivity (Wildman–Crippen MR) is 164 cm³/mol. The summed E-state index contributed by atoms with van der Waals surface area (Å²) >= 11 is 0. The summed E-state index contributed by atoms with van der Waals surface area (Å²) < 4.78 is 0. The van der Waals surface area contributed by atoms with Gasteiger partial charge in [0.15, 0.2) is 0 Å². The largest absolute Gasteiger partial charge is 0.317 e. The van der Waals surface area contributed by atoms with Crippen LogP contribution in [0.4, 0.5) is 0 Å². The van der Waals surface area contributed by atoms with Gasteiger partial charge in [0, 0.05) is 0 Å². The number of unbranched alkanes of at least 4 members (excludes halogenated alkanes) is 22. The van der Waals surface area contributed by atoms with Gasteiger partial charge in [-0.1, -0.05) is 162 Å². The van der Waals surface area contributed by atoms with Gasteiger partial charge in [-0.3, -0.25) is 0 Å². The molecule has 0 aromatic heterocycles. The molecule has 0 aromatic carbocycles. The van der Waals surface area contributed by atoms with Gasteiger partial charge in [-0.25, -0.2) is 0 Å². The van der Waals surface area contributed by atoms with Crippen molar-refractivity contribution in [3.63, 3.8) is 0 Å². The van der Waals surface area contributed by atoms with Crippen LogP contribution in [0, 0.1) is 0 Å². The lowest BCUT2D eigenvalue weighted by Crippen LogP contribution is -2.15. The van der Waals surface area contributed by atoms with Crippen LogP contribution in [0.25, 0.3) is 0 Å². The summed E-state index contributed by atoms with van der Waals surface area (Å²) in [5.41, 5.74) is 0. The maximum Gasteiger partial charge on any atom is -0.00248 e. The summed E-state index contributed by atoms with van der Waals surface area (Å²) in [6.07, 6.45) is 35.9. The lowest BCUT2D eigenvalue weighted by molar-refractivity contribution is 0.389. The fourth-order valence-corrected chi connectivity index (χ4v) is 4.66. The first-order valence-corrected chi connectivity index (χ1v) is 16.5. The smallest absolute Gasteiger partial charge is 0.00248 e. The van der Waals surface area contributed by atoms with Crippen molar-refractivity contribution in [2.75, 3.05) is 33.7 Å². The average Bonchev–Trinajstić information content (AvgIpc) is 2.85. The molecule has 0 heterocycles. The molecule has 0 spiro atoms. The van der Waals surface area contributed by atoms with Gasteiger partial charge in [-0.05, 0) is 53.0 Å². The van der Waals surface area contributed by atoms with E-state index >= 15 is 0 Å². The summed E-state index contributed by atoms with van der Waals surface area (Å²) in [5.74, 6) is 0. The Morgan fingerprint density at radius 1 is 0.343 bits per heavy atom. The number of rotatable bonds is 28. The highest BCUT2D eigenvalue weighted by Crippen LogP contribution is 2.13. The maximum atomic E-state index is 3.47. The molecule has 0 aromatic rings. The summed E-state index contributed by atoms with van der Waals surface area (Å²) in [5, 5.41) is 3.47. The number of hydrogen-bond donors (Lipinski definition) is 1. The van der Waals surface area contributed by atoms with Crippen LogP contribution >= 0.6 is 0 Å². The number of nitrogens with zero attached hydrogens (tertiary/aromatic N) is 1. The fraction of sp³-hybridized carbons (Fsp3) is 1.00. The third kappa shape index (κ3) is 41.3. The molecule has 0 saturated carbocycles. The zero-order valence-corrected chi connectivity index (χ0v) is 25.7. The average molecular weight is 497 g/mol. The van der Waals surface area contributed by atoms with E-state index in [0.717, 1.165) is 0 Å². The van der Waals surface area contributed by atoms with E-state index in [1.165, 1.54) is 180 Å². The van der Waals surface area contributed by atoms with E-state index in [2.05, 4.69) is 45.1 Å². The van der Waals surface area contributed by atoms with Crippen molar-refractivity contribution in [2.45, 2.75) is 181 Å². The molecule has 0 unspecified atom stereocenters. The van der Waals surface area contributed by atoms with Crippen LogP contribution in [0.5, 0.6) is 0 Å². The maximum absolute atomic E-state index is 3.47. The Morgan fingerprint density at radius 2 is 0.657 bits per heavy atom. The standard InChI is InChI=1S/C17H37N.C16H35N/c1-3-5-6-7-8-9-10-11-12-13-14-15-17-18-16-4-2;1-4-5-6-7-8-9-10-11-12-13-14-15-16-17(2)3/h18H,3-17H2,1-2H3;4-16H2,1-3H3. The van der Waals surface area contributed by atoms with Crippen molar-refractivity contribution in [3.05, 3.63) is 0 Å². The van der Waals surface area contributed by atoms with Crippen molar-refractivity contribution in [1.82, 2.24) is 10.2 Å². The Hall–Kier alpha value is -0.0800. The minimum absolute atomic E-state index is 1.19. The summed E-state index contributed by atoms with van der Waals surface area (Å²) in [7, 11) is 4.33. The quantitative estimate of drug-likeness (QED) is 0.108. The molecule has 0 aliphatic heterocycles. The number of nitrogens with one attached hydrogen (secondary N) is 1. The molecule has 0 rings (SSSR count). The Balaban J connectivity index is 0. The lowest BCUT2D eigenvalue weighted by Gasteiger charge is -2.08. The molecule has 1 N–H and O–H groups in total. The Kier molecular flexibility index (Phi) is 38.2. The molecule has 0 fully saturated rings. The second-order valence-electron chi connectivity index (χ2n) is 11.3. The molecular weight excluding hydrogens is 424 g/mol. The van der Waals surface area contributed by atoms with Crippen molar-refractivity contribution in [2.24, 2.45) is 0 Å². The highest BCUT2D eigenvalue weighted by atomic mass is 15.0. The Labute approximate surface area is 225 Å². The zero-order valence-electron chi connectivity index (χ0n) is 25.7. The van der Waals surface area contributed by atoms with E-state index < -0.39 is 0 Å². The first kappa shape index (κ1) is 37.1. The van der Waals surface area contributed by atoms with Crippen LogP contribution < -0.4 is 5.32 Å². The van der Waals surface area contributed by atoms with E-state index in [9.17, 15) is 0 Å². The van der Waals surface area contributed by atoms with Gasteiger partial charge in [0.25, 0.3) is 0 Å². The fourth-order valence-electron chi connectivity index (χ4n) is 4.66. The lowest BCUT2D eigenvalue weighted by atomic mass is 10.1. The summed E-state index contributed by atoms with van der Waals surface area (Å²) in [6, 6.07) is 0. The first-order valence-electron chi connectivity index (χ1n) is 16.5. The third-order valence-corrected chi connectivity index (χ3v) is 7.09. The highest BCUT2D eigenvalue weighted by Gasteiger charge is 1.95. The van der Waals surface area contributed by atoms with Gasteiger partial charge < -0.3 is 10.2 Å². The van der Waals surface area contributed by atoms with Gasteiger partial charge in [0.2, 0.25) is 0 Å². The molecule has 0 amide bonds. The minimum atomic E-state index is 1.19. The van der Waals surface area contributed by atoms with E-state index in [1.807, 2.05) is 0 Å². The topological polar surface area (TPSA) is 15.3 Å². The zero-order chi connectivity index (χ0) is 26.1.